The van der Waals surface area contributed by atoms with Crippen molar-refractivity contribution in [2.24, 2.45) is 0 Å². The number of fused-ring (bicyclic) bond motifs is 1. The Kier molecular flexibility index (Phi) is 4.48. The summed E-state index contributed by atoms with van der Waals surface area (Å²) in [4.78, 5) is 19.5. The highest BCUT2D eigenvalue weighted by Crippen LogP contribution is 2.22. The van der Waals surface area contributed by atoms with Gasteiger partial charge in [0.25, 0.3) is 5.56 Å². The molecule has 0 atom stereocenters. The molecule has 1 aromatic heterocycles. The van der Waals surface area contributed by atoms with Crippen LogP contribution in [0, 0.1) is 5.82 Å². The Hall–Kier alpha value is -2.53. The number of benzene rings is 2. The number of hydrogen-bond acceptors (Lipinski definition) is 3. The summed E-state index contributed by atoms with van der Waals surface area (Å²) in [5.74, 6) is 0.421. The van der Waals surface area contributed by atoms with Gasteiger partial charge in [0.15, 0.2) is 0 Å². The van der Waals surface area contributed by atoms with Crippen LogP contribution < -0.4 is 10.9 Å². The van der Waals surface area contributed by atoms with E-state index in [4.69, 9.17) is 0 Å². The molecule has 0 unspecified atom stereocenters. The Balaban J connectivity index is 2.00. The molecule has 2 N–H and O–H groups in total. The first-order valence-corrected chi connectivity index (χ1v) is 7.61. The maximum Gasteiger partial charge on any atom is 0.258 e. The molecule has 0 saturated carbocycles. The van der Waals surface area contributed by atoms with E-state index in [1.54, 1.807) is 18.2 Å². The zero-order valence-corrected chi connectivity index (χ0v) is 12.9. The summed E-state index contributed by atoms with van der Waals surface area (Å²) in [5.41, 5.74) is 2.35. The molecule has 0 saturated heterocycles. The highest BCUT2D eigenvalue weighted by molar-refractivity contribution is 5.83. The van der Waals surface area contributed by atoms with Crippen LogP contribution in [-0.2, 0) is 6.42 Å². The molecule has 118 valence electrons. The second-order valence-corrected chi connectivity index (χ2v) is 5.46. The number of hydrogen-bond donors (Lipinski definition) is 2. The summed E-state index contributed by atoms with van der Waals surface area (Å²) < 4.78 is 13.0. The predicted octanol–water partition coefficient (Wildman–Crippen LogP) is 2.88. The zero-order chi connectivity index (χ0) is 16.2. The van der Waals surface area contributed by atoms with Crippen molar-refractivity contribution in [2.75, 3.05) is 13.6 Å². The lowest BCUT2D eigenvalue weighted by Gasteiger charge is -2.06. The quantitative estimate of drug-likeness (QED) is 0.712. The zero-order valence-electron chi connectivity index (χ0n) is 12.9. The molecule has 1 heterocycles. The van der Waals surface area contributed by atoms with Crippen LogP contribution in [0.25, 0.3) is 22.0 Å². The number of H-pyrrole nitrogens is 1. The van der Waals surface area contributed by atoms with E-state index >= 15 is 0 Å². The molecular formula is C18H18FN3O. The van der Waals surface area contributed by atoms with Crippen molar-refractivity contribution in [3.05, 3.63) is 64.5 Å². The minimum Gasteiger partial charge on any atom is -0.320 e. The molecule has 5 heteroatoms. The molecule has 3 rings (SSSR count). The van der Waals surface area contributed by atoms with Gasteiger partial charge in [-0.3, -0.25) is 4.79 Å². The van der Waals surface area contributed by atoms with Crippen LogP contribution in [0.2, 0.25) is 0 Å². The summed E-state index contributed by atoms with van der Waals surface area (Å²) in [6.07, 6.45) is 1.62. The largest absolute Gasteiger partial charge is 0.320 e. The van der Waals surface area contributed by atoms with Crippen LogP contribution >= 0.6 is 0 Å². The van der Waals surface area contributed by atoms with Gasteiger partial charge in [-0.2, -0.15) is 0 Å². The van der Waals surface area contributed by atoms with Gasteiger partial charge < -0.3 is 10.3 Å². The fourth-order valence-corrected chi connectivity index (χ4v) is 2.56. The van der Waals surface area contributed by atoms with Crippen molar-refractivity contribution in [2.45, 2.75) is 12.8 Å². The molecule has 23 heavy (non-hydrogen) atoms. The van der Waals surface area contributed by atoms with E-state index in [0.29, 0.717) is 23.1 Å². The number of nitrogens with one attached hydrogen (secondary N) is 2. The molecule has 0 aliphatic carbocycles. The van der Waals surface area contributed by atoms with Crippen LogP contribution in [0.15, 0.2) is 47.3 Å². The lowest BCUT2D eigenvalue weighted by atomic mass is 10.0. The molecular weight excluding hydrogens is 293 g/mol. The Labute approximate surface area is 133 Å². The third kappa shape index (κ3) is 3.46. The Bertz CT molecular complexity index is 872. The van der Waals surface area contributed by atoms with Crippen LogP contribution in [0.3, 0.4) is 0 Å². The third-order valence-corrected chi connectivity index (χ3v) is 3.77. The highest BCUT2D eigenvalue weighted by atomic mass is 19.1. The van der Waals surface area contributed by atoms with Crippen molar-refractivity contribution in [3.8, 4) is 11.1 Å². The summed E-state index contributed by atoms with van der Waals surface area (Å²) in [5, 5.41) is 3.64. The van der Waals surface area contributed by atoms with Crippen LogP contribution in [-0.4, -0.2) is 23.6 Å². The minimum atomic E-state index is -0.268. The summed E-state index contributed by atoms with van der Waals surface area (Å²) in [6.45, 7) is 0.872. The second-order valence-electron chi connectivity index (χ2n) is 5.46. The monoisotopic (exact) mass is 311 g/mol. The molecule has 0 bridgehead atoms. The van der Waals surface area contributed by atoms with Gasteiger partial charge in [-0.25, -0.2) is 9.37 Å². The predicted molar refractivity (Wildman–Crippen MR) is 90.0 cm³/mol. The van der Waals surface area contributed by atoms with E-state index in [0.717, 1.165) is 24.1 Å². The molecule has 3 aromatic rings. The van der Waals surface area contributed by atoms with E-state index in [2.05, 4.69) is 15.3 Å². The highest BCUT2D eigenvalue weighted by Gasteiger charge is 2.06. The molecule has 0 aliphatic rings. The average Bonchev–Trinajstić information content (AvgIpc) is 2.55. The van der Waals surface area contributed by atoms with Gasteiger partial charge in [-0.15, -0.1) is 0 Å². The van der Waals surface area contributed by atoms with Crippen molar-refractivity contribution in [1.29, 1.82) is 0 Å². The van der Waals surface area contributed by atoms with E-state index in [1.165, 1.54) is 12.1 Å². The van der Waals surface area contributed by atoms with E-state index < -0.39 is 0 Å². The molecule has 0 aliphatic heterocycles. The Morgan fingerprint density at radius 3 is 2.61 bits per heavy atom. The first kappa shape index (κ1) is 15.4. The van der Waals surface area contributed by atoms with Gasteiger partial charge >= 0.3 is 0 Å². The van der Waals surface area contributed by atoms with Crippen molar-refractivity contribution in [3.63, 3.8) is 0 Å². The van der Waals surface area contributed by atoms with Crippen LogP contribution in [0.5, 0.6) is 0 Å². The number of nitrogens with zero attached hydrogens (tertiary/aromatic N) is 1. The Morgan fingerprint density at radius 2 is 1.87 bits per heavy atom. The summed E-state index contributed by atoms with van der Waals surface area (Å²) >= 11 is 0. The summed E-state index contributed by atoms with van der Waals surface area (Å²) in [7, 11) is 1.89. The molecule has 0 radical (unpaired) electrons. The molecule has 2 aromatic carbocycles. The fraction of sp³-hybridized carbons (Fsp3) is 0.222. The normalized spacial score (nSPS) is 11.0. The summed E-state index contributed by atoms with van der Waals surface area (Å²) in [6, 6.07) is 11.8. The van der Waals surface area contributed by atoms with Crippen LogP contribution in [0.4, 0.5) is 4.39 Å². The van der Waals surface area contributed by atoms with Gasteiger partial charge in [0.05, 0.1) is 10.9 Å². The lowest BCUT2D eigenvalue weighted by Crippen LogP contribution is -2.14. The fourth-order valence-electron chi connectivity index (χ4n) is 2.56. The number of aromatic amines is 1. The van der Waals surface area contributed by atoms with Gasteiger partial charge in [-0.05, 0) is 55.4 Å². The smallest absolute Gasteiger partial charge is 0.258 e. The number of halogens is 1. The van der Waals surface area contributed by atoms with Gasteiger partial charge in [0, 0.05) is 6.42 Å². The minimum absolute atomic E-state index is 0.125. The number of aryl methyl sites for hydroxylation is 1. The lowest BCUT2D eigenvalue weighted by molar-refractivity contribution is 0.628. The number of aromatic nitrogens is 2. The standard InChI is InChI=1S/C18H18FN3O/c1-20-10-2-3-17-21-16-11-13(6-9-15(16)18(23)22-17)12-4-7-14(19)8-5-12/h4-9,11,20H,2-3,10H2,1H3,(H,21,22,23). The topological polar surface area (TPSA) is 57.8 Å². The van der Waals surface area contributed by atoms with E-state index in [9.17, 15) is 9.18 Å². The van der Waals surface area contributed by atoms with Crippen molar-refractivity contribution < 1.29 is 4.39 Å². The van der Waals surface area contributed by atoms with Gasteiger partial charge in [0.2, 0.25) is 0 Å². The second kappa shape index (κ2) is 6.71. The Morgan fingerprint density at radius 1 is 1.13 bits per heavy atom. The maximum atomic E-state index is 13.0. The van der Waals surface area contributed by atoms with E-state index in [-0.39, 0.29) is 11.4 Å². The maximum absolute atomic E-state index is 13.0. The molecule has 0 spiro atoms. The first-order chi connectivity index (χ1) is 11.2. The number of rotatable bonds is 5. The average molecular weight is 311 g/mol. The van der Waals surface area contributed by atoms with E-state index in [1.807, 2.05) is 19.2 Å². The van der Waals surface area contributed by atoms with Crippen molar-refractivity contribution >= 4 is 10.9 Å². The molecule has 4 nitrogen and oxygen atoms in total. The van der Waals surface area contributed by atoms with Gasteiger partial charge in [0.1, 0.15) is 11.6 Å². The molecule has 0 fully saturated rings. The van der Waals surface area contributed by atoms with Crippen molar-refractivity contribution in [1.82, 2.24) is 15.3 Å². The van der Waals surface area contributed by atoms with Crippen LogP contribution in [0.1, 0.15) is 12.2 Å². The van der Waals surface area contributed by atoms with Gasteiger partial charge in [-0.1, -0.05) is 18.2 Å². The third-order valence-electron chi connectivity index (χ3n) is 3.77. The first-order valence-electron chi connectivity index (χ1n) is 7.61. The molecule has 0 amide bonds. The SMILES string of the molecule is CNCCCc1nc2cc(-c3ccc(F)cc3)ccc2c(=O)[nH]1.